The Labute approximate surface area is 113 Å². The molecule has 2 nitrogen and oxygen atoms in total. The summed E-state index contributed by atoms with van der Waals surface area (Å²) in [6.45, 7) is 0. The Morgan fingerprint density at radius 2 is 1.00 bits per heavy atom. The van der Waals surface area contributed by atoms with Gasteiger partial charge in [-0.3, -0.25) is 0 Å². The van der Waals surface area contributed by atoms with Crippen molar-refractivity contribution in [3.8, 4) is 11.5 Å². The fourth-order valence-corrected chi connectivity index (χ4v) is 3.08. The fraction of sp³-hybridized carbons (Fsp3) is 0.294. The molecule has 2 aromatic carbocycles. The molecule has 3 rings (SSSR count). The molecule has 0 aliphatic heterocycles. The minimum absolute atomic E-state index is 0.330. The second kappa shape index (κ2) is 4.96. The summed E-state index contributed by atoms with van der Waals surface area (Å²) in [7, 11) is 0. The van der Waals surface area contributed by atoms with Crippen LogP contribution >= 0.6 is 0 Å². The minimum atomic E-state index is 0.330. The maximum absolute atomic E-state index is 9.33. The number of hydrogen-bond donors (Lipinski definition) is 2. The molecular weight excluding hydrogens is 236 g/mol. The highest BCUT2D eigenvalue weighted by atomic mass is 16.3. The number of hydrogen-bond acceptors (Lipinski definition) is 2. The first kappa shape index (κ1) is 12.1. The number of benzene rings is 2. The summed E-state index contributed by atoms with van der Waals surface area (Å²) in [5.41, 5.74) is 2.64. The lowest BCUT2D eigenvalue weighted by Crippen LogP contribution is -1.95. The zero-order valence-corrected chi connectivity index (χ0v) is 10.8. The van der Waals surface area contributed by atoms with E-state index in [1.807, 2.05) is 24.3 Å². The van der Waals surface area contributed by atoms with Crippen LogP contribution in [0, 0.1) is 0 Å². The van der Waals surface area contributed by atoms with Crippen molar-refractivity contribution in [1.29, 1.82) is 0 Å². The highest BCUT2D eigenvalue weighted by Crippen LogP contribution is 2.43. The van der Waals surface area contributed by atoms with Crippen LogP contribution in [-0.4, -0.2) is 10.2 Å². The monoisotopic (exact) mass is 254 g/mol. The summed E-state index contributed by atoms with van der Waals surface area (Å²) in [4.78, 5) is 0. The van der Waals surface area contributed by atoms with Crippen LogP contribution in [0.25, 0.3) is 0 Å². The van der Waals surface area contributed by atoms with Crippen molar-refractivity contribution in [2.24, 2.45) is 0 Å². The van der Waals surface area contributed by atoms with Gasteiger partial charge < -0.3 is 10.2 Å². The van der Waals surface area contributed by atoms with Gasteiger partial charge >= 0.3 is 0 Å². The average Bonchev–Trinajstić information content (AvgIpc) is 2.90. The highest BCUT2D eigenvalue weighted by Gasteiger charge is 2.26. The highest BCUT2D eigenvalue weighted by molar-refractivity contribution is 5.32. The quantitative estimate of drug-likeness (QED) is 0.845. The van der Waals surface area contributed by atoms with Crippen LogP contribution in [0.15, 0.2) is 48.5 Å². The van der Waals surface area contributed by atoms with Crippen LogP contribution in [0.4, 0.5) is 0 Å². The third-order valence-electron chi connectivity index (χ3n) is 4.16. The van der Waals surface area contributed by atoms with Crippen molar-refractivity contribution in [1.82, 2.24) is 0 Å². The van der Waals surface area contributed by atoms with E-state index in [9.17, 15) is 10.2 Å². The Kier molecular flexibility index (Phi) is 3.16. The van der Waals surface area contributed by atoms with Gasteiger partial charge in [-0.25, -0.2) is 0 Å². The molecule has 19 heavy (non-hydrogen) atoms. The summed E-state index contributed by atoms with van der Waals surface area (Å²) in [5, 5.41) is 18.7. The molecule has 98 valence electrons. The molecule has 2 unspecified atom stereocenters. The Hall–Kier alpha value is -1.96. The first-order valence-corrected chi connectivity index (χ1v) is 6.80. The summed E-state index contributed by atoms with van der Waals surface area (Å²) in [5.74, 6) is 1.83. The van der Waals surface area contributed by atoms with Crippen LogP contribution in [-0.2, 0) is 0 Å². The van der Waals surface area contributed by atoms with Gasteiger partial charge in [-0.2, -0.15) is 0 Å². The SMILES string of the molecule is Oc1ccc(C2CCC(c3ccc(O)cc3)C2)cc1. The van der Waals surface area contributed by atoms with Crippen molar-refractivity contribution in [3.63, 3.8) is 0 Å². The summed E-state index contributed by atoms with van der Waals surface area (Å²) < 4.78 is 0. The van der Waals surface area contributed by atoms with Gasteiger partial charge in [-0.05, 0) is 66.5 Å². The minimum Gasteiger partial charge on any atom is -0.508 e. The first-order valence-electron chi connectivity index (χ1n) is 6.80. The molecule has 0 aromatic heterocycles. The smallest absolute Gasteiger partial charge is 0.115 e. The van der Waals surface area contributed by atoms with E-state index in [0.29, 0.717) is 23.3 Å². The van der Waals surface area contributed by atoms with Gasteiger partial charge in [-0.1, -0.05) is 24.3 Å². The van der Waals surface area contributed by atoms with E-state index in [2.05, 4.69) is 0 Å². The van der Waals surface area contributed by atoms with Gasteiger partial charge in [0.1, 0.15) is 11.5 Å². The molecule has 0 bridgehead atoms. The van der Waals surface area contributed by atoms with Gasteiger partial charge in [-0.15, -0.1) is 0 Å². The van der Waals surface area contributed by atoms with Crippen molar-refractivity contribution in [3.05, 3.63) is 59.7 Å². The Bertz CT molecular complexity index is 491. The average molecular weight is 254 g/mol. The zero-order valence-electron chi connectivity index (χ0n) is 10.8. The third-order valence-corrected chi connectivity index (χ3v) is 4.16. The van der Waals surface area contributed by atoms with Gasteiger partial charge in [0.25, 0.3) is 0 Å². The summed E-state index contributed by atoms with van der Waals surface area (Å²) in [6, 6.07) is 15.2. The van der Waals surface area contributed by atoms with E-state index in [4.69, 9.17) is 0 Å². The van der Waals surface area contributed by atoms with E-state index in [-0.39, 0.29) is 0 Å². The molecule has 0 radical (unpaired) electrons. The molecular formula is C17H18O2. The van der Waals surface area contributed by atoms with E-state index in [1.54, 1.807) is 24.3 Å². The molecule has 2 N–H and O–H groups in total. The standard InChI is InChI=1S/C17H18O2/c18-16-7-3-12(4-8-16)14-1-2-15(11-14)13-5-9-17(19)10-6-13/h3-10,14-15,18-19H,1-2,11H2. The van der Waals surface area contributed by atoms with Crippen molar-refractivity contribution in [2.75, 3.05) is 0 Å². The first-order chi connectivity index (χ1) is 9.22. The summed E-state index contributed by atoms with van der Waals surface area (Å²) >= 11 is 0. The third kappa shape index (κ3) is 2.58. The second-order valence-electron chi connectivity index (χ2n) is 5.39. The molecule has 2 aromatic rings. The normalized spacial score (nSPS) is 22.5. The maximum Gasteiger partial charge on any atom is 0.115 e. The van der Waals surface area contributed by atoms with Gasteiger partial charge in [0.2, 0.25) is 0 Å². The zero-order chi connectivity index (χ0) is 13.2. The lowest BCUT2D eigenvalue weighted by molar-refractivity contribution is 0.474. The molecule has 0 heterocycles. The lowest BCUT2D eigenvalue weighted by atomic mass is 9.93. The molecule has 1 aliphatic rings. The molecule has 2 heteroatoms. The topological polar surface area (TPSA) is 40.5 Å². The molecule has 0 spiro atoms. The van der Waals surface area contributed by atoms with Crippen molar-refractivity contribution < 1.29 is 10.2 Å². The van der Waals surface area contributed by atoms with Crippen LogP contribution in [0.3, 0.4) is 0 Å². The molecule has 1 aliphatic carbocycles. The van der Waals surface area contributed by atoms with Crippen LogP contribution in [0.5, 0.6) is 11.5 Å². The van der Waals surface area contributed by atoms with Crippen LogP contribution in [0.2, 0.25) is 0 Å². The van der Waals surface area contributed by atoms with Crippen LogP contribution < -0.4 is 0 Å². The number of aromatic hydroxyl groups is 2. The Balaban J connectivity index is 1.73. The van der Waals surface area contributed by atoms with E-state index in [0.717, 1.165) is 6.42 Å². The molecule has 0 amide bonds. The van der Waals surface area contributed by atoms with Crippen molar-refractivity contribution >= 4 is 0 Å². The molecule has 1 saturated carbocycles. The summed E-state index contributed by atoms with van der Waals surface area (Å²) in [6.07, 6.45) is 3.53. The van der Waals surface area contributed by atoms with E-state index in [1.165, 1.54) is 24.0 Å². The predicted octanol–water partition coefficient (Wildman–Crippen LogP) is 4.15. The number of rotatable bonds is 2. The maximum atomic E-state index is 9.33. The largest absolute Gasteiger partial charge is 0.508 e. The Morgan fingerprint density at radius 1 is 0.632 bits per heavy atom. The van der Waals surface area contributed by atoms with Gasteiger partial charge in [0, 0.05) is 0 Å². The lowest BCUT2D eigenvalue weighted by Gasteiger charge is -2.12. The van der Waals surface area contributed by atoms with E-state index < -0.39 is 0 Å². The molecule has 1 fully saturated rings. The second-order valence-corrected chi connectivity index (χ2v) is 5.39. The molecule has 0 saturated heterocycles. The molecule has 2 atom stereocenters. The number of phenols is 2. The fourth-order valence-electron chi connectivity index (χ4n) is 3.08. The van der Waals surface area contributed by atoms with Crippen LogP contribution in [0.1, 0.15) is 42.2 Å². The van der Waals surface area contributed by atoms with Gasteiger partial charge in [0.05, 0.1) is 0 Å². The predicted molar refractivity (Wildman–Crippen MR) is 75.5 cm³/mol. The number of phenolic OH excluding ortho intramolecular Hbond substituents is 2. The Morgan fingerprint density at radius 3 is 1.37 bits per heavy atom. The van der Waals surface area contributed by atoms with E-state index >= 15 is 0 Å². The van der Waals surface area contributed by atoms with Gasteiger partial charge in [0.15, 0.2) is 0 Å². The van der Waals surface area contributed by atoms with Crippen molar-refractivity contribution in [2.45, 2.75) is 31.1 Å².